The second-order valence-electron chi connectivity index (χ2n) is 5.92. The van der Waals surface area contributed by atoms with Crippen LogP contribution in [0, 0.1) is 0 Å². The Labute approximate surface area is 120 Å². The van der Waals surface area contributed by atoms with Crippen molar-refractivity contribution in [2.45, 2.75) is 50.2 Å². The molecular formula is C15H22ClN3. The second kappa shape index (κ2) is 5.22. The topological polar surface area (TPSA) is 41.3 Å². The monoisotopic (exact) mass is 279 g/mol. The van der Waals surface area contributed by atoms with Crippen LogP contribution in [0.25, 0.3) is 0 Å². The molecule has 19 heavy (non-hydrogen) atoms. The fraction of sp³-hybridized carbons (Fsp3) is 0.600. The predicted molar refractivity (Wildman–Crippen MR) is 81.7 cm³/mol. The molecule has 2 aliphatic rings. The van der Waals surface area contributed by atoms with Crippen LogP contribution in [0.1, 0.15) is 32.1 Å². The number of nitrogen functional groups attached to an aromatic ring is 1. The van der Waals surface area contributed by atoms with Crippen molar-refractivity contribution in [1.29, 1.82) is 0 Å². The lowest BCUT2D eigenvalue weighted by atomic mass is 9.82. The number of hydrogen-bond donors (Lipinski definition) is 2. The lowest BCUT2D eigenvalue weighted by Crippen LogP contribution is -2.52. The molecule has 3 nitrogen and oxygen atoms in total. The van der Waals surface area contributed by atoms with Crippen LogP contribution < -0.4 is 11.1 Å². The van der Waals surface area contributed by atoms with Gasteiger partial charge in [-0.25, -0.2) is 0 Å². The van der Waals surface area contributed by atoms with Gasteiger partial charge >= 0.3 is 0 Å². The summed E-state index contributed by atoms with van der Waals surface area (Å²) in [5.74, 6) is 0. The van der Waals surface area contributed by atoms with Crippen LogP contribution in [0.5, 0.6) is 0 Å². The maximum Gasteiger partial charge on any atom is 0.0739 e. The molecule has 0 spiro atoms. The number of rotatable bonds is 2. The van der Waals surface area contributed by atoms with E-state index >= 15 is 0 Å². The Hall–Kier alpha value is -0.930. The van der Waals surface area contributed by atoms with Gasteiger partial charge in [0.1, 0.15) is 0 Å². The van der Waals surface area contributed by atoms with E-state index in [1.54, 1.807) is 0 Å². The van der Waals surface area contributed by atoms with E-state index < -0.39 is 0 Å². The Bertz CT molecular complexity index is 449. The summed E-state index contributed by atoms with van der Waals surface area (Å²) in [6.45, 7) is 0. The minimum atomic E-state index is 0.521. The van der Waals surface area contributed by atoms with Crippen molar-refractivity contribution in [3.63, 3.8) is 0 Å². The van der Waals surface area contributed by atoms with E-state index in [9.17, 15) is 0 Å². The van der Waals surface area contributed by atoms with Gasteiger partial charge in [-0.3, -0.25) is 0 Å². The number of halogens is 1. The van der Waals surface area contributed by atoms with Crippen LogP contribution in [0.15, 0.2) is 18.2 Å². The molecule has 0 amide bonds. The SMILES string of the molecule is CN1C2CCCC1CC(Nc1cccc(Cl)c1N)C2. The molecule has 0 saturated carbocycles. The van der Waals surface area contributed by atoms with E-state index in [1.165, 1.54) is 32.1 Å². The highest BCUT2D eigenvalue weighted by molar-refractivity contribution is 6.33. The number of piperidine rings is 2. The second-order valence-corrected chi connectivity index (χ2v) is 6.32. The molecule has 0 aliphatic carbocycles. The molecule has 3 N–H and O–H groups in total. The van der Waals surface area contributed by atoms with Gasteiger partial charge in [-0.05, 0) is 44.9 Å². The highest BCUT2D eigenvalue weighted by Crippen LogP contribution is 2.35. The molecule has 2 saturated heterocycles. The summed E-state index contributed by atoms with van der Waals surface area (Å²) in [5, 5.41) is 4.24. The largest absolute Gasteiger partial charge is 0.396 e. The number of anilines is 2. The standard InChI is InChI=1S/C15H22ClN3/c1-19-11-4-2-5-12(19)9-10(8-11)18-14-7-3-6-13(16)15(14)17/h3,6-7,10-12,18H,2,4-5,8-9,17H2,1H3. The van der Waals surface area contributed by atoms with Gasteiger partial charge in [0.25, 0.3) is 0 Å². The van der Waals surface area contributed by atoms with E-state index in [0.29, 0.717) is 16.8 Å². The van der Waals surface area contributed by atoms with Crippen molar-refractivity contribution in [3.8, 4) is 0 Å². The Morgan fingerprint density at radius 1 is 1.26 bits per heavy atom. The van der Waals surface area contributed by atoms with Crippen molar-refractivity contribution in [1.82, 2.24) is 4.90 Å². The van der Waals surface area contributed by atoms with E-state index in [-0.39, 0.29) is 0 Å². The fourth-order valence-electron chi connectivity index (χ4n) is 3.62. The minimum Gasteiger partial charge on any atom is -0.396 e. The maximum absolute atomic E-state index is 6.08. The molecule has 0 radical (unpaired) electrons. The first-order chi connectivity index (χ1) is 9.15. The van der Waals surface area contributed by atoms with Crippen LogP contribution in [-0.4, -0.2) is 30.1 Å². The third kappa shape index (κ3) is 2.54. The van der Waals surface area contributed by atoms with Gasteiger partial charge in [0.2, 0.25) is 0 Å². The van der Waals surface area contributed by atoms with Crippen LogP contribution in [0.2, 0.25) is 5.02 Å². The summed E-state index contributed by atoms with van der Waals surface area (Å²) >= 11 is 6.08. The van der Waals surface area contributed by atoms with Crippen molar-refractivity contribution in [3.05, 3.63) is 23.2 Å². The Morgan fingerprint density at radius 3 is 2.63 bits per heavy atom. The lowest BCUT2D eigenvalue weighted by molar-refractivity contribution is 0.0608. The Morgan fingerprint density at radius 2 is 1.95 bits per heavy atom. The molecular weight excluding hydrogens is 258 g/mol. The molecule has 2 aliphatic heterocycles. The van der Waals surface area contributed by atoms with Gasteiger partial charge < -0.3 is 16.0 Å². The smallest absolute Gasteiger partial charge is 0.0739 e. The van der Waals surface area contributed by atoms with Crippen LogP contribution >= 0.6 is 11.6 Å². The fourth-order valence-corrected chi connectivity index (χ4v) is 3.79. The zero-order chi connectivity index (χ0) is 13.4. The summed E-state index contributed by atoms with van der Waals surface area (Å²) in [6.07, 6.45) is 6.45. The first-order valence-corrected chi connectivity index (χ1v) is 7.55. The van der Waals surface area contributed by atoms with E-state index in [4.69, 9.17) is 17.3 Å². The normalized spacial score (nSPS) is 31.2. The quantitative estimate of drug-likeness (QED) is 0.816. The number of hydrogen-bond acceptors (Lipinski definition) is 3. The summed E-state index contributed by atoms with van der Waals surface area (Å²) in [4.78, 5) is 2.57. The first kappa shape index (κ1) is 13.1. The average Bonchev–Trinajstić information content (AvgIpc) is 2.36. The molecule has 3 rings (SSSR count). The maximum atomic E-state index is 6.08. The summed E-state index contributed by atoms with van der Waals surface area (Å²) in [5.41, 5.74) is 7.70. The third-order valence-corrected chi connectivity index (χ3v) is 5.08. The highest BCUT2D eigenvalue weighted by atomic mass is 35.5. The number of benzene rings is 1. The number of para-hydroxylation sites is 1. The van der Waals surface area contributed by atoms with E-state index in [2.05, 4.69) is 17.3 Å². The first-order valence-electron chi connectivity index (χ1n) is 7.17. The molecule has 2 atom stereocenters. The number of nitrogens with one attached hydrogen (secondary N) is 1. The van der Waals surface area contributed by atoms with E-state index in [0.717, 1.165) is 17.8 Å². The summed E-state index contributed by atoms with van der Waals surface area (Å²) in [6, 6.07) is 7.79. The van der Waals surface area contributed by atoms with Gasteiger partial charge in [0.15, 0.2) is 0 Å². The molecule has 2 fully saturated rings. The van der Waals surface area contributed by atoms with E-state index in [1.807, 2.05) is 18.2 Å². The van der Waals surface area contributed by atoms with Gasteiger partial charge in [-0.1, -0.05) is 24.1 Å². The Kier molecular flexibility index (Phi) is 3.59. The lowest BCUT2D eigenvalue weighted by Gasteiger charge is -2.47. The Balaban J connectivity index is 1.72. The molecule has 2 unspecified atom stereocenters. The van der Waals surface area contributed by atoms with Crippen LogP contribution in [0.4, 0.5) is 11.4 Å². The van der Waals surface area contributed by atoms with Crippen molar-refractivity contribution < 1.29 is 0 Å². The third-order valence-electron chi connectivity index (χ3n) is 4.75. The molecule has 104 valence electrons. The summed E-state index contributed by atoms with van der Waals surface area (Å²) < 4.78 is 0. The molecule has 1 aromatic rings. The molecule has 0 aromatic heterocycles. The molecule has 1 aromatic carbocycles. The zero-order valence-corrected chi connectivity index (χ0v) is 12.2. The molecule has 2 bridgehead atoms. The number of fused-ring (bicyclic) bond motifs is 2. The van der Waals surface area contributed by atoms with Crippen LogP contribution in [0.3, 0.4) is 0 Å². The average molecular weight is 280 g/mol. The highest BCUT2D eigenvalue weighted by Gasteiger charge is 2.35. The van der Waals surface area contributed by atoms with Gasteiger partial charge in [0.05, 0.1) is 16.4 Å². The predicted octanol–water partition coefficient (Wildman–Crippen LogP) is 3.35. The number of nitrogens with two attached hydrogens (primary N) is 1. The van der Waals surface area contributed by atoms with Gasteiger partial charge in [-0.2, -0.15) is 0 Å². The molecule has 4 heteroatoms. The van der Waals surface area contributed by atoms with Gasteiger partial charge in [-0.15, -0.1) is 0 Å². The molecule has 2 heterocycles. The van der Waals surface area contributed by atoms with Gasteiger partial charge in [0, 0.05) is 18.1 Å². The van der Waals surface area contributed by atoms with Crippen molar-refractivity contribution >= 4 is 23.0 Å². The van der Waals surface area contributed by atoms with Crippen molar-refractivity contribution in [2.24, 2.45) is 0 Å². The summed E-state index contributed by atoms with van der Waals surface area (Å²) in [7, 11) is 2.28. The zero-order valence-electron chi connectivity index (χ0n) is 11.4. The van der Waals surface area contributed by atoms with Crippen molar-refractivity contribution in [2.75, 3.05) is 18.1 Å². The number of nitrogens with zero attached hydrogens (tertiary/aromatic N) is 1. The minimum absolute atomic E-state index is 0.521. The van der Waals surface area contributed by atoms with Crippen LogP contribution in [-0.2, 0) is 0 Å².